The molecule has 0 aromatic rings. The molecule has 3 unspecified atom stereocenters. The third-order valence-corrected chi connectivity index (χ3v) is 4.89. The molecule has 0 aromatic carbocycles. The van der Waals surface area contributed by atoms with Gasteiger partial charge in [0.2, 0.25) is 0 Å². The Bertz CT molecular complexity index is 274. The molecule has 0 amide bonds. The van der Waals surface area contributed by atoms with Crippen LogP contribution < -0.4 is 5.32 Å². The number of nitrogens with zero attached hydrogens (tertiary/aromatic N) is 1. The lowest BCUT2D eigenvalue weighted by Gasteiger charge is -2.36. The second-order valence-electron chi connectivity index (χ2n) is 6.11. The third-order valence-electron chi connectivity index (χ3n) is 4.89. The highest BCUT2D eigenvalue weighted by Crippen LogP contribution is 2.27. The van der Waals surface area contributed by atoms with Gasteiger partial charge in [-0.05, 0) is 70.5 Å². The van der Waals surface area contributed by atoms with Crippen LogP contribution in [0.5, 0.6) is 0 Å². The van der Waals surface area contributed by atoms with Crippen LogP contribution in [0.25, 0.3) is 0 Å². The topological polar surface area (TPSA) is 15.3 Å². The maximum atomic E-state index is 3.84. The normalized spacial score (nSPS) is 38.2. The minimum atomic E-state index is 0.806. The Labute approximate surface area is 105 Å². The minimum Gasteiger partial charge on any atom is -0.314 e. The van der Waals surface area contributed by atoms with E-state index in [1.54, 1.807) is 0 Å². The highest BCUT2D eigenvalue weighted by Gasteiger charge is 2.31. The number of nitrogens with one attached hydrogen (secondary N) is 1. The zero-order valence-corrected chi connectivity index (χ0v) is 10.9. The predicted molar refractivity (Wildman–Crippen MR) is 72.1 cm³/mol. The molecule has 0 spiro atoms. The first-order valence-corrected chi connectivity index (χ1v) is 7.54. The molecule has 3 rings (SSSR count). The molecule has 0 radical (unpaired) electrons. The average molecular weight is 234 g/mol. The zero-order chi connectivity index (χ0) is 11.5. The fraction of sp³-hybridized carbons (Fsp3) is 0.867. The van der Waals surface area contributed by atoms with Gasteiger partial charge >= 0.3 is 0 Å². The molecular formula is C15H26N2. The van der Waals surface area contributed by atoms with Crippen molar-refractivity contribution in [3.8, 4) is 0 Å². The number of hydrogen-bond donors (Lipinski definition) is 1. The van der Waals surface area contributed by atoms with E-state index in [9.17, 15) is 0 Å². The van der Waals surface area contributed by atoms with E-state index >= 15 is 0 Å². The van der Waals surface area contributed by atoms with E-state index in [1.807, 2.05) is 0 Å². The van der Waals surface area contributed by atoms with Crippen LogP contribution in [0.1, 0.15) is 44.9 Å². The summed E-state index contributed by atoms with van der Waals surface area (Å²) in [5.74, 6) is 0.904. The van der Waals surface area contributed by atoms with Crippen LogP contribution in [0, 0.1) is 5.92 Å². The Hall–Kier alpha value is -0.340. The highest BCUT2D eigenvalue weighted by molar-refractivity contribution is 4.92. The number of fused-ring (bicyclic) bond motifs is 1. The van der Waals surface area contributed by atoms with Gasteiger partial charge in [-0.1, -0.05) is 12.2 Å². The summed E-state index contributed by atoms with van der Waals surface area (Å²) < 4.78 is 0. The monoisotopic (exact) mass is 234 g/mol. The van der Waals surface area contributed by atoms with Crippen molar-refractivity contribution in [1.82, 2.24) is 10.2 Å². The molecule has 1 N–H and O–H groups in total. The van der Waals surface area contributed by atoms with Crippen LogP contribution in [-0.2, 0) is 0 Å². The van der Waals surface area contributed by atoms with Crippen molar-refractivity contribution in [3.05, 3.63) is 12.2 Å². The maximum Gasteiger partial charge on any atom is 0.0111 e. The molecule has 1 aliphatic carbocycles. The number of hydrogen-bond acceptors (Lipinski definition) is 2. The molecule has 2 saturated heterocycles. The van der Waals surface area contributed by atoms with Gasteiger partial charge in [0, 0.05) is 12.1 Å². The van der Waals surface area contributed by atoms with Crippen molar-refractivity contribution < 1.29 is 0 Å². The zero-order valence-electron chi connectivity index (χ0n) is 10.9. The van der Waals surface area contributed by atoms with Crippen molar-refractivity contribution in [3.63, 3.8) is 0 Å². The molecule has 2 heteroatoms. The van der Waals surface area contributed by atoms with Crippen LogP contribution in [0.15, 0.2) is 12.2 Å². The Balaban J connectivity index is 1.41. The first-order valence-electron chi connectivity index (χ1n) is 7.54. The molecule has 3 aliphatic rings. The molecule has 2 aliphatic heterocycles. The second-order valence-corrected chi connectivity index (χ2v) is 6.11. The summed E-state index contributed by atoms with van der Waals surface area (Å²) in [7, 11) is 0. The molecule has 0 aromatic heterocycles. The molecule has 96 valence electrons. The fourth-order valence-corrected chi connectivity index (χ4v) is 3.78. The van der Waals surface area contributed by atoms with Crippen molar-refractivity contribution in [2.75, 3.05) is 19.6 Å². The number of rotatable bonds is 3. The van der Waals surface area contributed by atoms with Crippen LogP contribution in [-0.4, -0.2) is 36.6 Å². The largest absolute Gasteiger partial charge is 0.314 e. The second kappa shape index (κ2) is 5.53. The molecular weight excluding hydrogens is 208 g/mol. The summed E-state index contributed by atoms with van der Waals surface area (Å²) >= 11 is 0. The third kappa shape index (κ3) is 2.92. The quantitative estimate of drug-likeness (QED) is 0.755. The first-order chi connectivity index (χ1) is 8.42. The van der Waals surface area contributed by atoms with Gasteiger partial charge < -0.3 is 10.2 Å². The Morgan fingerprint density at radius 2 is 2.12 bits per heavy atom. The van der Waals surface area contributed by atoms with Gasteiger partial charge in [0.05, 0.1) is 0 Å². The van der Waals surface area contributed by atoms with Gasteiger partial charge in [-0.3, -0.25) is 0 Å². The predicted octanol–water partition coefficient (Wildman–Crippen LogP) is 2.56. The van der Waals surface area contributed by atoms with E-state index in [2.05, 4.69) is 22.4 Å². The summed E-state index contributed by atoms with van der Waals surface area (Å²) in [6.07, 6.45) is 14.4. The van der Waals surface area contributed by atoms with Crippen LogP contribution >= 0.6 is 0 Å². The Morgan fingerprint density at radius 3 is 3.00 bits per heavy atom. The van der Waals surface area contributed by atoms with Crippen molar-refractivity contribution in [2.45, 2.75) is 57.0 Å². The van der Waals surface area contributed by atoms with Gasteiger partial charge in [-0.25, -0.2) is 0 Å². The SMILES string of the molecule is C1=CCC(CNC2CCN3CCCC3C2)CC1. The smallest absolute Gasteiger partial charge is 0.0111 e. The summed E-state index contributed by atoms with van der Waals surface area (Å²) in [4.78, 5) is 2.71. The van der Waals surface area contributed by atoms with Gasteiger partial charge in [0.1, 0.15) is 0 Å². The molecule has 3 atom stereocenters. The van der Waals surface area contributed by atoms with Gasteiger partial charge in [-0.2, -0.15) is 0 Å². The van der Waals surface area contributed by atoms with E-state index in [0.717, 1.165) is 18.0 Å². The Kier molecular flexibility index (Phi) is 3.82. The summed E-state index contributed by atoms with van der Waals surface area (Å²) in [5, 5.41) is 3.84. The fourth-order valence-electron chi connectivity index (χ4n) is 3.78. The maximum absolute atomic E-state index is 3.84. The van der Waals surface area contributed by atoms with Gasteiger partial charge in [-0.15, -0.1) is 0 Å². The molecule has 2 nitrogen and oxygen atoms in total. The summed E-state index contributed by atoms with van der Waals surface area (Å²) in [6, 6.07) is 1.72. The molecule has 17 heavy (non-hydrogen) atoms. The van der Waals surface area contributed by atoms with Crippen LogP contribution in [0.3, 0.4) is 0 Å². The number of piperidine rings is 1. The molecule has 2 fully saturated rings. The first kappa shape index (κ1) is 11.7. The van der Waals surface area contributed by atoms with Crippen molar-refractivity contribution >= 4 is 0 Å². The van der Waals surface area contributed by atoms with Crippen molar-refractivity contribution in [1.29, 1.82) is 0 Å². The van der Waals surface area contributed by atoms with E-state index < -0.39 is 0 Å². The lowest BCUT2D eigenvalue weighted by atomic mass is 9.92. The summed E-state index contributed by atoms with van der Waals surface area (Å²) in [5.41, 5.74) is 0. The van der Waals surface area contributed by atoms with Crippen LogP contribution in [0.2, 0.25) is 0 Å². The number of allylic oxidation sites excluding steroid dienone is 2. The standard InChI is InChI=1S/C15H26N2/c1-2-5-13(6-3-1)12-16-14-8-10-17-9-4-7-15(17)11-14/h1-2,13-16H,3-12H2. The molecule has 2 heterocycles. The van der Waals surface area contributed by atoms with E-state index in [4.69, 9.17) is 0 Å². The van der Waals surface area contributed by atoms with Crippen LogP contribution in [0.4, 0.5) is 0 Å². The van der Waals surface area contributed by atoms with Gasteiger partial charge in [0.15, 0.2) is 0 Å². The summed E-state index contributed by atoms with van der Waals surface area (Å²) in [6.45, 7) is 3.96. The van der Waals surface area contributed by atoms with E-state index in [1.165, 1.54) is 64.6 Å². The lowest BCUT2D eigenvalue weighted by molar-refractivity contribution is 0.164. The van der Waals surface area contributed by atoms with Gasteiger partial charge in [0.25, 0.3) is 0 Å². The average Bonchev–Trinajstić information content (AvgIpc) is 2.85. The molecule has 0 saturated carbocycles. The Morgan fingerprint density at radius 1 is 1.12 bits per heavy atom. The lowest BCUT2D eigenvalue weighted by Crippen LogP contribution is -2.46. The molecule has 0 bridgehead atoms. The minimum absolute atomic E-state index is 0.806. The van der Waals surface area contributed by atoms with E-state index in [-0.39, 0.29) is 0 Å². The highest BCUT2D eigenvalue weighted by atomic mass is 15.2. The van der Waals surface area contributed by atoms with Crippen molar-refractivity contribution in [2.24, 2.45) is 5.92 Å². The van der Waals surface area contributed by atoms with E-state index in [0.29, 0.717) is 0 Å².